The zero-order valence-electron chi connectivity index (χ0n) is 14.3. The molecule has 1 amide bonds. The van der Waals surface area contributed by atoms with Gasteiger partial charge in [-0.3, -0.25) is 0 Å². The largest absolute Gasteiger partial charge is 0.465 e. The molecule has 4 rings (SSSR count). The highest BCUT2D eigenvalue weighted by molar-refractivity contribution is 5.65. The van der Waals surface area contributed by atoms with Gasteiger partial charge in [-0.25, -0.2) is 4.79 Å². The fourth-order valence-electron chi connectivity index (χ4n) is 3.54. The quantitative estimate of drug-likeness (QED) is 0.861. The number of hydrogen-bond acceptors (Lipinski definition) is 4. The first-order valence-corrected chi connectivity index (χ1v) is 8.80. The van der Waals surface area contributed by atoms with E-state index in [1.165, 1.54) is 17.0 Å². The number of carboxylic acid groups (broad SMARTS) is 1. The number of benzene rings is 1. The van der Waals surface area contributed by atoms with Gasteiger partial charge in [0.15, 0.2) is 5.82 Å². The van der Waals surface area contributed by atoms with E-state index in [9.17, 15) is 23.1 Å². The molecule has 27 heavy (non-hydrogen) atoms. The lowest BCUT2D eigenvalue weighted by molar-refractivity contribution is -0.137. The van der Waals surface area contributed by atoms with Crippen LogP contribution in [0.25, 0.3) is 0 Å². The third-order valence-electron chi connectivity index (χ3n) is 5.18. The minimum atomic E-state index is -4.40. The van der Waals surface area contributed by atoms with Gasteiger partial charge in [-0.05, 0) is 37.0 Å². The van der Waals surface area contributed by atoms with Gasteiger partial charge in [0, 0.05) is 24.9 Å². The third-order valence-corrected chi connectivity index (χ3v) is 5.18. The molecule has 6 nitrogen and oxygen atoms in total. The summed E-state index contributed by atoms with van der Waals surface area (Å²) in [5.74, 6) is 0.871. The summed E-state index contributed by atoms with van der Waals surface area (Å²) in [5, 5.41) is 13.4. The summed E-state index contributed by atoms with van der Waals surface area (Å²) >= 11 is 0. The van der Waals surface area contributed by atoms with E-state index < -0.39 is 17.8 Å². The van der Waals surface area contributed by atoms with Crippen LogP contribution in [0.2, 0.25) is 0 Å². The van der Waals surface area contributed by atoms with Crippen LogP contribution in [0.1, 0.15) is 59.9 Å². The van der Waals surface area contributed by atoms with Gasteiger partial charge in [0.2, 0.25) is 5.89 Å². The van der Waals surface area contributed by atoms with E-state index in [2.05, 4.69) is 10.1 Å². The Kier molecular flexibility index (Phi) is 4.32. The number of rotatable bonds is 3. The molecule has 1 aliphatic heterocycles. The normalized spacial score (nSPS) is 23.4. The number of halogens is 3. The predicted octanol–water partition coefficient (Wildman–Crippen LogP) is 4.22. The third kappa shape index (κ3) is 3.77. The summed E-state index contributed by atoms with van der Waals surface area (Å²) in [5.41, 5.74) is -0.0550. The molecule has 2 unspecified atom stereocenters. The molecule has 2 heterocycles. The van der Waals surface area contributed by atoms with Gasteiger partial charge in [-0.2, -0.15) is 18.2 Å². The number of hydrogen-bond donors (Lipinski definition) is 1. The number of likely N-dealkylation sites (tertiary alicyclic amines) is 1. The van der Waals surface area contributed by atoms with Crippen LogP contribution in [0, 0.1) is 0 Å². The Hall–Kier alpha value is -2.58. The van der Waals surface area contributed by atoms with Crippen molar-refractivity contribution in [3.8, 4) is 0 Å². The van der Waals surface area contributed by atoms with Crippen LogP contribution >= 0.6 is 0 Å². The van der Waals surface area contributed by atoms with Crippen molar-refractivity contribution >= 4 is 6.09 Å². The molecular formula is C18H18F3N3O3. The van der Waals surface area contributed by atoms with Crippen LogP contribution in [0.4, 0.5) is 18.0 Å². The molecule has 9 heteroatoms. The number of carbonyl (C=O) groups is 1. The van der Waals surface area contributed by atoms with Gasteiger partial charge >= 0.3 is 12.3 Å². The number of nitrogens with zero attached hydrogens (tertiary/aromatic N) is 3. The standard InChI is InChI=1S/C18H18F3N3O3/c19-18(20,21)14-5-3-10(4-6-14)12-7-13(9-24(8-12)17(25)26)16-22-15(23-27-16)11-1-2-11/h3-6,11-13H,1-2,7-9H2,(H,25,26). The van der Waals surface area contributed by atoms with E-state index in [0.717, 1.165) is 25.0 Å². The van der Waals surface area contributed by atoms with Crippen LogP contribution in [0.15, 0.2) is 28.8 Å². The van der Waals surface area contributed by atoms with Crippen LogP contribution in [0.3, 0.4) is 0 Å². The molecule has 144 valence electrons. The first kappa shape index (κ1) is 17.8. The number of amides is 1. The van der Waals surface area contributed by atoms with E-state index >= 15 is 0 Å². The Morgan fingerprint density at radius 3 is 2.37 bits per heavy atom. The van der Waals surface area contributed by atoms with Crippen LogP contribution in [0.5, 0.6) is 0 Å². The fourth-order valence-corrected chi connectivity index (χ4v) is 3.54. The summed E-state index contributed by atoms with van der Waals surface area (Å²) in [4.78, 5) is 17.2. The lowest BCUT2D eigenvalue weighted by Gasteiger charge is -2.35. The molecule has 2 fully saturated rings. The van der Waals surface area contributed by atoms with Crippen LogP contribution in [-0.4, -0.2) is 39.3 Å². The fraction of sp³-hybridized carbons (Fsp3) is 0.500. The second kappa shape index (κ2) is 6.54. The van der Waals surface area contributed by atoms with E-state index in [1.54, 1.807) is 0 Å². The molecule has 0 spiro atoms. The lowest BCUT2D eigenvalue weighted by atomic mass is 9.84. The highest BCUT2D eigenvalue weighted by Crippen LogP contribution is 2.40. The molecule has 1 aliphatic carbocycles. The van der Waals surface area contributed by atoms with Crippen molar-refractivity contribution in [3.05, 3.63) is 47.1 Å². The van der Waals surface area contributed by atoms with E-state index in [4.69, 9.17) is 4.52 Å². The maximum atomic E-state index is 12.8. The highest BCUT2D eigenvalue weighted by atomic mass is 19.4. The summed E-state index contributed by atoms with van der Waals surface area (Å²) in [6.07, 6.45) is -2.87. The molecule has 2 aromatic rings. The summed E-state index contributed by atoms with van der Waals surface area (Å²) in [6.45, 7) is 0.458. The Labute approximate surface area is 153 Å². The predicted molar refractivity (Wildman–Crippen MR) is 87.4 cm³/mol. The molecule has 0 radical (unpaired) electrons. The van der Waals surface area contributed by atoms with Crippen molar-refractivity contribution in [1.82, 2.24) is 15.0 Å². The van der Waals surface area contributed by atoms with Gasteiger partial charge < -0.3 is 14.5 Å². The average molecular weight is 381 g/mol. The summed E-state index contributed by atoms with van der Waals surface area (Å²) < 4.78 is 43.7. The summed E-state index contributed by atoms with van der Waals surface area (Å²) in [7, 11) is 0. The number of alkyl halides is 3. The molecule has 0 bridgehead atoms. The van der Waals surface area contributed by atoms with E-state index in [1.807, 2.05) is 0 Å². The van der Waals surface area contributed by atoms with Gasteiger partial charge in [0.25, 0.3) is 0 Å². The Balaban J connectivity index is 1.56. The minimum Gasteiger partial charge on any atom is -0.465 e. The molecule has 2 aliphatic rings. The van der Waals surface area contributed by atoms with Crippen molar-refractivity contribution in [2.45, 2.75) is 43.2 Å². The monoisotopic (exact) mass is 381 g/mol. The Bertz CT molecular complexity index is 830. The Morgan fingerprint density at radius 2 is 1.78 bits per heavy atom. The topological polar surface area (TPSA) is 79.5 Å². The van der Waals surface area contributed by atoms with Crippen molar-refractivity contribution < 1.29 is 27.6 Å². The summed E-state index contributed by atoms with van der Waals surface area (Å²) in [6, 6.07) is 4.89. The average Bonchev–Trinajstić information content (AvgIpc) is 3.37. The molecule has 1 saturated heterocycles. The first-order chi connectivity index (χ1) is 12.8. The molecule has 1 saturated carbocycles. The van der Waals surface area contributed by atoms with Crippen molar-refractivity contribution in [1.29, 1.82) is 0 Å². The van der Waals surface area contributed by atoms with E-state index in [0.29, 0.717) is 29.6 Å². The zero-order valence-corrected chi connectivity index (χ0v) is 14.3. The number of piperidine rings is 1. The van der Waals surface area contributed by atoms with Crippen molar-refractivity contribution in [3.63, 3.8) is 0 Å². The maximum Gasteiger partial charge on any atom is 0.416 e. The Morgan fingerprint density at radius 1 is 1.11 bits per heavy atom. The van der Waals surface area contributed by atoms with Crippen LogP contribution < -0.4 is 0 Å². The van der Waals surface area contributed by atoms with Crippen LogP contribution in [-0.2, 0) is 6.18 Å². The highest BCUT2D eigenvalue weighted by Gasteiger charge is 2.37. The molecular weight excluding hydrogens is 363 g/mol. The number of aromatic nitrogens is 2. The lowest BCUT2D eigenvalue weighted by Crippen LogP contribution is -2.41. The zero-order chi connectivity index (χ0) is 19.2. The van der Waals surface area contributed by atoms with Gasteiger partial charge in [-0.1, -0.05) is 17.3 Å². The van der Waals surface area contributed by atoms with Crippen molar-refractivity contribution in [2.75, 3.05) is 13.1 Å². The molecule has 2 atom stereocenters. The smallest absolute Gasteiger partial charge is 0.416 e. The molecule has 1 aromatic heterocycles. The van der Waals surface area contributed by atoms with Gasteiger partial charge in [0.05, 0.1) is 11.5 Å². The SMILES string of the molecule is O=C(O)N1CC(c2ccc(C(F)(F)F)cc2)CC(c2nc(C3CC3)no2)C1. The molecule has 1 N–H and O–H groups in total. The second-order valence-electron chi connectivity index (χ2n) is 7.20. The molecule has 1 aromatic carbocycles. The minimum absolute atomic E-state index is 0.223. The van der Waals surface area contributed by atoms with E-state index in [-0.39, 0.29) is 24.9 Å². The van der Waals surface area contributed by atoms with Gasteiger partial charge in [-0.15, -0.1) is 0 Å². The second-order valence-corrected chi connectivity index (χ2v) is 7.20. The van der Waals surface area contributed by atoms with Crippen molar-refractivity contribution in [2.24, 2.45) is 0 Å². The van der Waals surface area contributed by atoms with Gasteiger partial charge in [0.1, 0.15) is 0 Å². The maximum absolute atomic E-state index is 12.8. The first-order valence-electron chi connectivity index (χ1n) is 8.80.